The van der Waals surface area contributed by atoms with E-state index in [1.807, 2.05) is 13.8 Å². The van der Waals surface area contributed by atoms with E-state index in [0.717, 1.165) is 31.0 Å². The maximum absolute atomic E-state index is 11.1. The van der Waals surface area contributed by atoms with Crippen LogP contribution >= 0.6 is 11.8 Å². The summed E-state index contributed by atoms with van der Waals surface area (Å²) < 4.78 is 2.15. The molecule has 0 spiro atoms. The van der Waals surface area contributed by atoms with Crippen LogP contribution in [0.1, 0.15) is 38.3 Å². The quantitative estimate of drug-likeness (QED) is 0.885. The highest BCUT2D eigenvalue weighted by atomic mass is 32.2. The summed E-state index contributed by atoms with van der Waals surface area (Å²) in [7, 11) is 0. The van der Waals surface area contributed by atoms with Crippen LogP contribution in [-0.4, -0.2) is 31.1 Å². The first-order valence-electron chi connectivity index (χ1n) is 6.35. The Hall–Kier alpha value is -1.04. The van der Waals surface area contributed by atoms with Crippen LogP contribution in [0.25, 0.3) is 0 Å². The highest BCUT2D eigenvalue weighted by molar-refractivity contribution is 7.99. The Kier molecular flexibility index (Phi) is 4.27. The van der Waals surface area contributed by atoms with Crippen LogP contribution in [0.4, 0.5) is 0 Å². The zero-order valence-electron chi connectivity index (χ0n) is 10.8. The van der Waals surface area contributed by atoms with Gasteiger partial charge in [0.2, 0.25) is 0 Å². The van der Waals surface area contributed by atoms with Crippen molar-refractivity contribution < 1.29 is 9.90 Å². The van der Waals surface area contributed by atoms with E-state index in [1.54, 1.807) is 0 Å². The predicted octanol–water partition coefficient (Wildman–Crippen LogP) is 1.96. The molecule has 0 saturated heterocycles. The van der Waals surface area contributed by atoms with Crippen molar-refractivity contribution in [1.82, 2.24) is 14.8 Å². The Balaban J connectivity index is 2.01. The largest absolute Gasteiger partial charge is 0.480 e. The van der Waals surface area contributed by atoms with Crippen molar-refractivity contribution in [2.45, 2.75) is 50.7 Å². The van der Waals surface area contributed by atoms with Crippen molar-refractivity contribution in [2.75, 3.05) is 0 Å². The molecule has 6 heteroatoms. The fourth-order valence-electron chi connectivity index (χ4n) is 2.19. The highest BCUT2D eigenvalue weighted by Crippen LogP contribution is 2.25. The molecule has 1 atom stereocenters. The summed E-state index contributed by atoms with van der Waals surface area (Å²) in [4.78, 5) is 11.1. The standard InChI is InChI=1S/C12H19N3O2S/c1-8(2)11(12(16)17)18-7-10-14-13-9-5-3-4-6-15(9)10/h8,11H,3-7H2,1-2H3,(H,16,17). The van der Waals surface area contributed by atoms with Crippen molar-refractivity contribution in [3.8, 4) is 0 Å². The third kappa shape index (κ3) is 2.85. The Morgan fingerprint density at radius 1 is 1.44 bits per heavy atom. The van der Waals surface area contributed by atoms with Crippen LogP contribution in [0.15, 0.2) is 0 Å². The third-order valence-corrected chi connectivity index (χ3v) is 4.71. The number of hydrogen-bond donors (Lipinski definition) is 1. The lowest BCUT2D eigenvalue weighted by Gasteiger charge is -2.17. The van der Waals surface area contributed by atoms with E-state index in [1.165, 1.54) is 18.2 Å². The van der Waals surface area contributed by atoms with Gasteiger partial charge in [-0.25, -0.2) is 0 Å². The van der Waals surface area contributed by atoms with Gasteiger partial charge >= 0.3 is 5.97 Å². The number of aryl methyl sites for hydroxylation is 1. The second-order valence-corrected chi connectivity index (χ2v) is 6.08. The lowest BCUT2D eigenvalue weighted by Crippen LogP contribution is -2.23. The molecule has 1 unspecified atom stereocenters. The Bertz CT molecular complexity index is 431. The van der Waals surface area contributed by atoms with Gasteiger partial charge in [-0.1, -0.05) is 13.8 Å². The first-order chi connectivity index (χ1) is 8.59. The Labute approximate surface area is 111 Å². The van der Waals surface area contributed by atoms with Gasteiger partial charge in [0.25, 0.3) is 0 Å². The summed E-state index contributed by atoms with van der Waals surface area (Å²) in [6.07, 6.45) is 3.33. The lowest BCUT2D eigenvalue weighted by molar-refractivity contribution is -0.137. The normalized spacial score (nSPS) is 16.6. The van der Waals surface area contributed by atoms with Gasteiger partial charge in [0.15, 0.2) is 0 Å². The number of carboxylic acids is 1. The molecule has 1 N–H and O–H groups in total. The topological polar surface area (TPSA) is 68.0 Å². The molecule has 0 radical (unpaired) electrons. The van der Waals surface area contributed by atoms with E-state index in [4.69, 9.17) is 5.11 Å². The number of carbonyl (C=O) groups is 1. The number of hydrogen-bond acceptors (Lipinski definition) is 4. The fourth-order valence-corrected chi connectivity index (χ4v) is 3.26. The molecule has 0 aliphatic carbocycles. The predicted molar refractivity (Wildman–Crippen MR) is 70.5 cm³/mol. The minimum atomic E-state index is -0.742. The first-order valence-corrected chi connectivity index (χ1v) is 7.40. The van der Waals surface area contributed by atoms with Crippen LogP contribution < -0.4 is 0 Å². The molecule has 0 fully saturated rings. The number of fused-ring (bicyclic) bond motifs is 1. The van der Waals surface area contributed by atoms with Gasteiger partial charge in [-0.2, -0.15) is 0 Å². The van der Waals surface area contributed by atoms with Gasteiger partial charge in [0, 0.05) is 13.0 Å². The summed E-state index contributed by atoms with van der Waals surface area (Å²) in [6, 6.07) is 0. The molecule has 0 saturated carbocycles. The van der Waals surface area contributed by atoms with Gasteiger partial charge < -0.3 is 9.67 Å². The van der Waals surface area contributed by atoms with Crippen LogP contribution in [0.3, 0.4) is 0 Å². The molecule has 0 aromatic carbocycles. The number of carboxylic acid groups (broad SMARTS) is 1. The number of nitrogens with zero attached hydrogens (tertiary/aromatic N) is 3. The zero-order chi connectivity index (χ0) is 13.1. The van der Waals surface area contributed by atoms with E-state index < -0.39 is 5.97 Å². The van der Waals surface area contributed by atoms with Gasteiger partial charge in [-0.15, -0.1) is 22.0 Å². The average Bonchev–Trinajstić information content (AvgIpc) is 2.72. The van der Waals surface area contributed by atoms with Gasteiger partial charge in [-0.05, 0) is 18.8 Å². The maximum Gasteiger partial charge on any atom is 0.316 e. The SMILES string of the molecule is CC(C)C(SCc1nnc2n1CCCC2)C(=O)O. The van der Waals surface area contributed by atoms with Crippen LogP contribution in [0.5, 0.6) is 0 Å². The summed E-state index contributed by atoms with van der Waals surface area (Å²) in [6.45, 7) is 4.84. The van der Waals surface area contributed by atoms with Crippen LogP contribution in [-0.2, 0) is 23.5 Å². The summed E-state index contributed by atoms with van der Waals surface area (Å²) >= 11 is 1.45. The Morgan fingerprint density at radius 3 is 2.89 bits per heavy atom. The molecule has 100 valence electrons. The van der Waals surface area contributed by atoms with E-state index >= 15 is 0 Å². The van der Waals surface area contributed by atoms with E-state index in [2.05, 4.69) is 14.8 Å². The van der Waals surface area contributed by atoms with E-state index in [0.29, 0.717) is 5.75 Å². The summed E-state index contributed by atoms with van der Waals surface area (Å²) in [5.41, 5.74) is 0. The first kappa shape index (κ1) is 13.4. The van der Waals surface area contributed by atoms with Gasteiger partial charge in [0.05, 0.1) is 5.75 Å². The van der Waals surface area contributed by atoms with Crippen molar-refractivity contribution >= 4 is 17.7 Å². The average molecular weight is 269 g/mol. The second kappa shape index (κ2) is 5.73. The summed E-state index contributed by atoms with van der Waals surface area (Å²) in [5.74, 6) is 1.97. The van der Waals surface area contributed by atoms with Crippen molar-refractivity contribution in [3.05, 3.63) is 11.6 Å². The smallest absolute Gasteiger partial charge is 0.316 e. The Morgan fingerprint density at radius 2 is 2.22 bits per heavy atom. The molecule has 0 bridgehead atoms. The molecule has 5 nitrogen and oxygen atoms in total. The van der Waals surface area contributed by atoms with Crippen LogP contribution in [0, 0.1) is 5.92 Å². The molecule has 2 heterocycles. The number of thioether (sulfide) groups is 1. The third-order valence-electron chi connectivity index (χ3n) is 3.18. The monoisotopic (exact) mass is 269 g/mol. The second-order valence-electron chi connectivity index (χ2n) is 4.96. The highest BCUT2D eigenvalue weighted by Gasteiger charge is 2.23. The molecule has 18 heavy (non-hydrogen) atoms. The molecule has 2 rings (SSSR count). The molecule has 1 aromatic heterocycles. The zero-order valence-corrected chi connectivity index (χ0v) is 11.6. The van der Waals surface area contributed by atoms with E-state index in [-0.39, 0.29) is 11.2 Å². The minimum Gasteiger partial charge on any atom is -0.480 e. The van der Waals surface area contributed by atoms with Gasteiger partial charge in [0.1, 0.15) is 16.9 Å². The molecule has 0 amide bonds. The summed E-state index contributed by atoms with van der Waals surface area (Å²) in [5, 5.41) is 17.1. The number of aliphatic carboxylic acids is 1. The number of rotatable bonds is 5. The van der Waals surface area contributed by atoms with E-state index in [9.17, 15) is 4.79 Å². The van der Waals surface area contributed by atoms with Crippen molar-refractivity contribution in [3.63, 3.8) is 0 Å². The minimum absolute atomic E-state index is 0.122. The molecule has 1 aliphatic heterocycles. The van der Waals surface area contributed by atoms with Crippen LogP contribution in [0.2, 0.25) is 0 Å². The maximum atomic E-state index is 11.1. The fraction of sp³-hybridized carbons (Fsp3) is 0.750. The molecule has 1 aromatic rings. The van der Waals surface area contributed by atoms with Crippen molar-refractivity contribution in [2.24, 2.45) is 5.92 Å². The number of aromatic nitrogens is 3. The molecular weight excluding hydrogens is 250 g/mol. The molecular formula is C12H19N3O2S. The lowest BCUT2D eigenvalue weighted by atomic mass is 10.1. The van der Waals surface area contributed by atoms with Crippen molar-refractivity contribution in [1.29, 1.82) is 0 Å². The van der Waals surface area contributed by atoms with Gasteiger partial charge in [-0.3, -0.25) is 4.79 Å². The molecule has 1 aliphatic rings.